The van der Waals surface area contributed by atoms with Gasteiger partial charge in [-0.3, -0.25) is 14.4 Å². The van der Waals surface area contributed by atoms with Gasteiger partial charge in [0.1, 0.15) is 12.1 Å². The number of nitrogens with zero attached hydrogens (tertiary/aromatic N) is 2. The van der Waals surface area contributed by atoms with Crippen molar-refractivity contribution >= 4 is 28.5 Å². The van der Waals surface area contributed by atoms with Gasteiger partial charge in [-0.25, -0.2) is 0 Å². The third-order valence-electron chi connectivity index (χ3n) is 8.92. The fourth-order valence-corrected chi connectivity index (χ4v) is 6.00. The molecular weight excluding hydrogens is 596 g/mol. The maximum absolute atomic E-state index is 14.6. The third-order valence-corrected chi connectivity index (χ3v) is 8.92. The molecule has 5 aromatic carbocycles. The molecule has 5 rings (SSSR count). The Labute approximate surface area is 283 Å². The average Bonchev–Trinajstić information content (AvgIpc) is 3.12. The van der Waals surface area contributed by atoms with E-state index in [1.165, 1.54) is 9.80 Å². The normalized spacial score (nSPS) is 12.9. The molecule has 0 saturated heterocycles. The molecule has 3 amide bonds. The van der Waals surface area contributed by atoms with Gasteiger partial charge in [0.15, 0.2) is 0 Å². The Kier molecular flexibility index (Phi) is 11.4. The van der Waals surface area contributed by atoms with E-state index in [0.717, 1.165) is 33.0 Å². The molecule has 48 heavy (non-hydrogen) atoms. The summed E-state index contributed by atoms with van der Waals surface area (Å²) in [6.07, 6.45) is 1.28. The van der Waals surface area contributed by atoms with Crippen LogP contribution in [0.2, 0.25) is 0 Å². The lowest BCUT2D eigenvalue weighted by Gasteiger charge is -2.35. The van der Waals surface area contributed by atoms with Gasteiger partial charge in [-0.05, 0) is 58.5 Å². The molecule has 0 aromatic heterocycles. The first-order valence-electron chi connectivity index (χ1n) is 16.4. The molecule has 3 N–H and O–H groups in total. The van der Waals surface area contributed by atoms with Gasteiger partial charge in [0.2, 0.25) is 11.8 Å². The summed E-state index contributed by atoms with van der Waals surface area (Å²) in [7, 11) is 3.32. The van der Waals surface area contributed by atoms with Crippen LogP contribution < -0.4 is 11.1 Å². The lowest BCUT2D eigenvalue weighted by molar-refractivity contribution is -0.142. The maximum atomic E-state index is 14.6. The van der Waals surface area contributed by atoms with Crippen LogP contribution in [0.25, 0.3) is 10.8 Å². The van der Waals surface area contributed by atoms with E-state index in [4.69, 9.17) is 5.73 Å². The minimum atomic E-state index is -0.877. The summed E-state index contributed by atoms with van der Waals surface area (Å²) in [5, 5.41) is 5.21. The van der Waals surface area contributed by atoms with Gasteiger partial charge in [-0.15, -0.1) is 0 Å². The van der Waals surface area contributed by atoms with Crippen molar-refractivity contribution in [1.82, 2.24) is 15.1 Å². The number of fused-ring (bicyclic) bond motifs is 1. The second kappa shape index (κ2) is 16.0. The Balaban J connectivity index is 1.45. The molecule has 0 radical (unpaired) electrons. The SMILES string of the molecule is CC(N)c1cccc(C(=O)N(C)C(Cc2ccc3ccccc3c2)C(=O)N(C)C(Cc2ccccc2)C(=O)NCCc2ccccc2)c1. The van der Waals surface area contributed by atoms with Crippen molar-refractivity contribution in [1.29, 1.82) is 0 Å². The number of carbonyl (C=O) groups excluding carboxylic acids is 3. The van der Waals surface area contributed by atoms with E-state index in [1.807, 2.05) is 116 Å². The van der Waals surface area contributed by atoms with Crippen LogP contribution in [0, 0.1) is 0 Å². The lowest BCUT2D eigenvalue weighted by Crippen LogP contribution is -2.56. The highest BCUT2D eigenvalue weighted by Crippen LogP contribution is 2.22. The lowest BCUT2D eigenvalue weighted by atomic mass is 9.97. The van der Waals surface area contributed by atoms with Crippen molar-refractivity contribution in [2.45, 2.75) is 44.3 Å². The Morgan fingerprint density at radius 1 is 0.646 bits per heavy atom. The first-order valence-corrected chi connectivity index (χ1v) is 16.4. The Hall–Kier alpha value is -5.27. The van der Waals surface area contributed by atoms with Gasteiger partial charge in [-0.1, -0.05) is 115 Å². The van der Waals surface area contributed by atoms with E-state index in [0.29, 0.717) is 24.9 Å². The molecule has 0 saturated carbocycles. The van der Waals surface area contributed by atoms with E-state index >= 15 is 0 Å². The van der Waals surface area contributed by atoms with Crippen molar-refractivity contribution < 1.29 is 14.4 Å². The van der Waals surface area contributed by atoms with E-state index in [-0.39, 0.29) is 30.2 Å². The summed E-state index contributed by atoms with van der Waals surface area (Å²) in [6.45, 7) is 2.30. The van der Waals surface area contributed by atoms with Crippen LogP contribution in [-0.4, -0.2) is 60.2 Å². The summed E-state index contributed by atoms with van der Waals surface area (Å²) in [4.78, 5) is 45.5. The first-order chi connectivity index (χ1) is 23.2. The van der Waals surface area contributed by atoms with Crippen LogP contribution in [0.4, 0.5) is 0 Å². The zero-order valence-electron chi connectivity index (χ0n) is 27.9. The fraction of sp³-hybridized carbons (Fsp3) is 0.244. The van der Waals surface area contributed by atoms with Crippen LogP contribution in [-0.2, 0) is 28.9 Å². The monoisotopic (exact) mass is 640 g/mol. The number of carbonyl (C=O) groups is 3. The summed E-state index contributed by atoms with van der Waals surface area (Å²) in [5.74, 6) is -0.854. The summed E-state index contributed by atoms with van der Waals surface area (Å²) in [6, 6.07) is 39.1. The zero-order valence-corrected chi connectivity index (χ0v) is 27.9. The molecule has 0 aliphatic carbocycles. The highest BCUT2D eigenvalue weighted by atomic mass is 16.2. The highest BCUT2D eigenvalue weighted by molar-refractivity contribution is 5.98. The number of hydrogen-bond acceptors (Lipinski definition) is 4. The number of rotatable bonds is 13. The van der Waals surface area contributed by atoms with Gasteiger partial charge in [0.05, 0.1) is 0 Å². The van der Waals surface area contributed by atoms with E-state index in [9.17, 15) is 14.4 Å². The number of nitrogens with two attached hydrogens (primary N) is 1. The fourth-order valence-electron chi connectivity index (χ4n) is 6.00. The topological polar surface area (TPSA) is 95.7 Å². The molecule has 7 heteroatoms. The largest absolute Gasteiger partial charge is 0.354 e. The Bertz CT molecular complexity index is 1840. The van der Waals surface area contributed by atoms with Crippen molar-refractivity contribution in [3.63, 3.8) is 0 Å². The quantitative estimate of drug-likeness (QED) is 0.166. The smallest absolute Gasteiger partial charge is 0.254 e. The molecule has 246 valence electrons. The molecule has 0 heterocycles. The third kappa shape index (κ3) is 8.55. The van der Waals surface area contributed by atoms with Gasteiger partial charge in [0, 0.05) is 45.1 Å². The summed E-state index contributed by atoms with van der Waals surface area (Å²) >= 11 is 0. The van der Waals surface area contributed by atoms with Crippen LogP contribution >= 0.6 is 0 Å². The van der Waals surface area contributed by atoms with Crippen molar-refractivity contribution in [2.75, 3.05) is 20.6 Å². The number of hydrogen-bond donors (Lipinski definition) is 2. The van der Waals surface area contributed by atoms with Crippen molar-refractivity contribution in [2.24, 2.45) is 5.73 Å². The molecule has 3 atom stereocenters. The number of amides is 3. The molecule has 0 bridgehead atoms. The number of nitrogens with one attached hydrogen (secondary N) is 1. The maximum Gasteiger partial charge on any atom is 0.254 e. The van der Waals surface area contributed by atoms with Crippen LogP contribution in [0.1, 0.15) is 45.6 Å². The Morgan fingerprint density at radius 2 is 1.27 bits per heavy atom. The van der Waals surface area contributed by atoms with Crippen LogP contribution in [0.15, 0.2) is 127 Å². The molecule has 0 aliphatic heterocycles. The predicted molar refractivity (Wildman–Crippen MR) is 192 cm³/mol. The second-order valence-electron chi connectivity index (χ2n) is 12.4. The van der Waals surface area contributed by atoms with Gasteiger partial charge in [0.25, 0.3) is 5.91 Å². The molecule has 7 nitrogen and oxygen atoms in total. The van der Waals surface area contributed by atoms with Gasteiger partial charge in [-0.2, -0.15) is 0 Å². The highest BCUT2D eigenvalue weighted by Gasteiger charge is 2.35. The first kappa shape index (κ1) is 34.1. The minimum absolute atomic E-state index is 0.242. The van der Waals surface area contributed by atoms with Crippen LogP contribution in [0.5, 0.6) is 0 Å². The Morgan fingerprint density at radius 3 is 1.96 bits per heavy atom. The van der Waals surface area contributed by atoms with Gasteiger partial charge >= 0.3 is 0 Å². The van der Waals surface area contributed by atoms with E-state index in [2.05, 4.69) is 11.4 Å². The summed E-state index contributed by atoms with van der Waals surface area (Å²) < 4.78 is 0. The standard InChI is InChI=1S/C41H44N4O3/c1-29(42)34-19-12-20-36(28-34)40(47)45(3)38(27-32-21-22-33-17-10-11-18-35(33)25-32)41(48)44(2)37(26-31-15-8-5-9-16-31)39(46)43-24-23-30-13-6-4-7-14-30/h4-22,25,28-29,37-38H,23-24,26-27,42H2,1-3H3,(H,43,46). The molecule has 5 aromatic rings. The molecular formula is C41H44N4O3. The van der Waals surface area contributed by atoms with Crippen molar-refractivity contribution in [3.05, 3.63) is 155 Å². The molecule has 0 spiro atoms. The molecule has 3 unspecified atom stereocenters. The molecule has 0 aliphatic rings. The average molecular weight is 641 g/mol. The van der Waals surface area contributed by atoms with E-state index < -0.39 is 12.1 Å². The minimum Gasteiger partial charge on any atom is -0.354 e. The van der Waals surface area contributed by atoms with Gasteiger partial charge < -0.3 is 20.9 Å². The second-order valence-corrected chi connectivity index (χ2v) is 12.4. The number of likely N-dealkylation sites (N-methyl/N-ethyl adjacent to an activating group) is 2. The number of benzene rings is 5. The predicted octanol–water partition coefficient (Wildman–Crippen LogP) is 5.97. The zero-order chi connectivity index (χ0) is 34.0. The van der Waals surface area contributed by atoms with Crippen LogP contribution in [0.3, 0.4) is 0 Å². The van der Waals surface area contributed by atoms with E-state index in [1.54, 1.807) is 26.2 Å². The molecule has 0 fully saturated rings. The van der Waals surface area contributed by atoms with Crippen molar-refractivity contribution in [3.8, 4) is 0 Å². The summed E-state index contributed by atoms with van der Waals surface area (Å²) in [5.41, 5.74) is 10.4.